The minimum absolute atomic E-state index is 0.0451. The standard InChI is InChI=1S/C26H30N2O6S/c1-18(20-11-13-21(32-2)14-12-20)27-26(29)22-15-24(33-3)25(34-4)16-23(22)28(35(5,30)31)17-19-9-7-6-8-10-19/h6-16,18H,17H2,1-5H3,(H,27,29). The highest BCUT2D eigenvalue weighted by molar-refractivity contribution is 7.92. The summed E-state index contributed by atoms with van der Waals surface area (Å²) >= 11 is 0. The molecule has 8 nitrogen and oxygen atoms in total. The van der Waals surface area contributed by atoms with Crippen molar-refractivity contribution in [2.75, 3.05) is 31.9 Å². The van der Waals surface area contributed by atoms with Crippen molar-refractivity contribution in [2.24, 2.45) is 0 Å². The lowest BCUT2D eigenvalue weighted by molar-refractivity contribution is 0.0940. The first-order valence-electron chi connectivity index (χ1n) is 10.9. The van der Waals surface area contributed by atoms with E-state index >= 15 is 0 Å². The first-order valence-corrected chi connectivity index (χ1v) is 12.7. The highest BCUT2D eigenvalue weighted by Gasteiger charge is 2.27. The molecular weight excluding hydrogens is 468 g/mol. The van der Waals surface area contributed by atoms with Crippen LogP contribution >= 0.6 is 0 Å². The predicted octanol–water partition coefficient (Wildman–Crippen LogP) is 4.17. The van der Waals surface area contributed by atoms with E-state index in [4.69, 9.17) is 14.2 Å². The van der Waals surface area contributed by atoms with Gasteiger partial charge in [-0.25, -0.2) is 8.42 Å². The van der Waals surface area contributed by atoms with Gasteiger partial charge < -0.3 is 19.5 Å². The van der Waals surface area contributed by atoms with Gasteiger partial charge in [-0.05, 0) is 36.2 Å². The smallest absolute Gasteiger partial charge is 0.254 e. The molecule has 0 fully saturated rings. The average Bonchev–Trinajstić information content (AvgIpc) is 2.86. The molecule has 186 valence electrons. The van der Waals surface area contributed by atoms with Crippen LogP contribution in [-0.4, -0.2) is 41.9 Å². The van der Waals surface area contributed by atoms with E-state index in [0.717, 1.165) is 17.4 Å². The van der Waals surface area contributed by atoms with Crippen LogP contribution < -0.4 is 23.8 Å². The van der Waals surface area contributed by atoms with Gasteiger partial charge in [0.25, 0.3) is 5.91 Å². The molecule has 0 saturated heterocycles. The number of nitrogens with one attached hydrogen (secondary N) is 1. The van der Waals surface area contributed by atoms with E-state index in [1.54, 1.807) is 7.11 Å². The minimum atomic E-state index is -3.76. The largest absolute Gasteiger partial charge is 0.497 e. The number of benzene rings is 3. The Bertz CT molecular complexity index is 1260. The maximum absolute atomic E-state index is 13.5. The van der Waals surface area contributed by atoms with Crippen molar-refractivity contribution in [3.63, 3.8) is 0 Å². The molecule has 0 radical (unpaired) electrons. The Morgan fingerprint density at radius 3 is 2.06 bits per heavy atom. The minimum Gasteiger partial charge on any atom is -0.497 e. The Labute approximate surface area is 206 Å². The van der Waals surface area contributed by atoms with Crippen LogP contribution in [0.5, 0.6) is 17.2 Å². The van der Waals surface area contributed by atoms with Crippen molar-refractivity contribution >= 4 is 21.6 Å². The van der Waals surface area contributed by atoms with E-state index in [0.29, 0.717) is 17.2 Å². The van der Waals surface area contributed by atoms with Gasteiger partial charge in [-0.15, -0.1) is 0 Å². The fourth-order valence-electron chi connectivity index (χ4n) is 3.64. The van der Waals surface area contributed by atoms with Crippen molar-refractivity contribution in [3.8, 4) is 17.2 Å². The molecule has 3 aromatic carbocycles. The Morgan fingerprint density at radius 1 is 0.914 bits per heavy atom. The number of rotatable bonds is 10. The fourth-order valence-corrected chi connectivity index (χ4v) is 4.53. The molecule has 0 aliphatic rings. The number of carbonyl (C=O) groups is 1. The second-order valence-corrected chi connectivity index (χ2v) is 9.85. The van der Waals surface area contributed by atoms with Crippen LogP contribution in [0.25, 0.3) is 0 Å². The molecule has 0 spiro atoms. The molecule has 35 heavy (non-hydrogen) atoms. The normalized spacial score (nSPS) is 11.9. The summed E-state index contributed by atoms with van der Waals surface area (Å²) in [6, 6.07) is 19.1. The lowest BCUT2D eigenvalue weighted by Crippen LogP contribution is -2.33. The van der Waals surface area contributed by atoms with Crippen molar-refractivity contribution < 1.29 is 27.4 Å². The van der Waals surface area contributed by atoms with E-state index in [1.807, 2.05) is 61.5 Å². The van der Waals surface area contributed by atoms with Gasteiger partial charge in [0.1, 0.15) is 5.75 Å². The molecule has 1 atom stereocenters. The number of methoxy groups -OCH3 is 3. The zero-order valence-electron chi connectivity index (χ0n) is 20.4. The Hall–Kier alpha value is -3.72. The topological polar surface area (TPSA) is 94.2 Å². The highest BCUT2D eigenvalue weighted by atomic mass is 32.2. The Balaban J connectivity index is 2.05. The van der Waals surface area contributed by atoms with Gasteiger partial charge in [0.05, 0.1) is 51.4 Å². The summed E-state index contributed by atoms with van der Waals surface area (Å²) in [6.07, 6.45) is 1.11. The van der Waals surface area contributed by atoms with Crippen molar-refractivity contribution in [1.82, 2.24) is 5.32 Å². The van der Waals surface area contributed by atoms with E-state index < -0.39 is 15.9 Å². The number of nitrogens with zero attached hydrogens (tertiary/aromatic N) is 1. The third kappa shape index (κ3) is 6.24. The maximum atomic E-state index is 13.5. The molecule has 3 rings (SSSR count). The van der Waals surface area contributed by atoms with Gasteiger partial charge in [0.2, 0.25) is 10.0 Å². The van der Waals surface area contributed by atoms with Crippen LogP contribution in [0, 0.1) is 0 Å². The van der Waals surface area contributed by atoms with Crippen LogP contribution in [-0.2, 0) is 16.6 Å². The molecule has 1 unspecified atom stereocenters. The second kappa shape index (κ2) is 11.1. The molecule has 1 amide bonds. The van der Waals surface area contributed by atoms with E-state index in [1.165, 1.54) is 30.7 Å². The quantitative estimate of drug-likeness (QED) is 0.451. The second-order valence-electron chi connectivity index (χ2n) is 7.95. The molecule has 0 aliphatic carbocycles. The van der Waals surface area contributed by atoms with Gasteiger partial charge in [-0.1, -0.05) is 42.5 Å². The van der Waals surface area contributed by atoms with Crippen molar-refractivity contribution in [2.45, 2.75) is 19.5 Å². The summed E-state index contributed by atoms with van der Waals surface area (Å²) in [6.45, 7) is 1.89. The summed E-state index contributed by atoms with van der Waals surface area (Å²) in [5.74, 6) is 0.876. The van der Waals surface area contributed by atoms with E-state index in [-0.39, 0.29) is 23.8 Å². The molecule has 0 aromatic heterocycles. The lowest BCUT2D eigenvalue weighted by Gasteiger charge is -2.26. The monoisotopic (exact) mass is 498 g/mol. The zero-order valence-corrected chi connectivity index (χ0v) is 21.3. The predicted molar refractivity (Wildman–Crippen MR) is 136 cm³/mol. The summed E-state index contributed by atoms with van der Waals surface area (Å²) in [5, 5.41) is 2.95. The number of anilines is 1. The molecular formula is C26H30N2O6S. The first-order chi connectivity index (χ1) is 16.7. The highest BCUT2D eigenvalue weighted by Crippen LogP contribution is 2.37. The summed E-state index contributed by atoms with van der Waals surface area (Å²) < 4.78 is 42.9. The van der Waals surface area contributed by atoms with Crippen molar-refractivity contribution in [3.05, 3.63) is 83.4 Å². The van der Waals surface area contributed by atoms with E-state index in [9.17, 15) is 13.2 Å². The van der Waals surface area contributed by atoms with Crippen LogP contribution in [0.2, 0.25) is 0 Å². The zero-order chi connectivity index (χ0) is 25.6. The van der Waals surface area contributed by atoms with Crippen LogP contribution in [0.4, 0.5) is 5.69 Å². The molecule has 0 heterocycles. The molecule has 1 N–H and O–H groups in total. The Morgan fingerprint density at radius 2 is 1.51 bits per heavy atom. The molecule has 0 aliphatic heterocycles. The van der Waals surface area contributed by atoms with Crippen LogP contribution in [0.1, 0.15) is 34.5 Å². The summed E-state index contributed by atoms with van der Waals surface area (Å²) in [4.78, 5) is 13.5. The third-order valence-electron chi connectivity index (χ3n) is 5.55. The number of sulfonamides is 1. The number of hydrogen-bond donors (Lipinski definition) is 1. The number of carbonyl (C=O) groups excluding carboxylic acids is 1. The maximum Gasteiger partial charge on any atom is 0.254 e. The fraction of sp³-hybridized carbons (Fsp3) is 0.269. The van der Waals surface area contributed by atoms with Crippen molar-refractivity contribution in [1.29, 1.82) is 0 Å². The summed E-state index contributed by atoms with van der Waals surface area (Å²) in [7, 11) is 0.732. The summed E-state index contributed by atoms with van der Waals surface area (Å²) in [5.41, 5.74) is 1.97. The molecule has 0 bridgehead atoms. The van der Waals surface area contributed by atoms with Gasteiger partial charge in [-0.3, -0.25) is 9.10 Å². The first kappa shape index (κ1) is 25.9. The lowest BCUT2D eigenvalue weighted by atomic mass is 10.1. The van der Waals surface area contributed by atoms with Gasteiger partial charge in [-0.2, -0.15) is 0 Å². The van der Waals surface area contributed by atoms with Gasteiger partial charge in [0.15, 0.2) is 11.5 Å². The average molecular weight is 499 g/mol. The number of hydrogen-bond acceptors (Lipinski definition) is 6. The molecule has 3 aromatic rings. The SMILES string of the molecule is COc1ccc(C(C)NC(=O)c2cc(OC)c(OC)cc2N(Cc2ccccc2)S(C)(=O)=O)cc1. The van der Waals surface area contributed by atoms with Gasteiger partial charge in [0, 0.05) is 6.07 Å². The number of ether oxygens (including phenoxy) is 3. The van der Waals surface area contributed by atoms with Crippen LogP contribution in [0.15, 0.2) is 66.7 Å². The van der Waals surface area contributed by atoms with E-state index in [2.05, 4.69) is 5.32 Å². The Kier molecular flexibility index (Phi) is 8.24. The number of amides is 1. The molecule has 9 heteroatoms. The van der Waals surface area contributed by atoms with Crippen LogP contribution in [0.3, 0.4) is 0 Å². The molecule has 0 saturated carbocycles. The third-order valence-corrected chi connectivity index (χ3v) is 6.67. The van der Waals surface area contributed by atoms with Gasteiger partial charge >= 0.3 is 0 Å².